The van der Waals surface area contributed by atoms with Gasteiger partial charge < -0.3 is 4.42 Å². The summed E-state index contributed by atoms with van der Waals surface area (Å²) in [4.78, 5) is 13.9. The van der Waals surface area contributed by atoms with Gasteiger partial charge in [-0.2, -0.15) is 5.10 Å². The lowest BCUT2D eigenvalue weighted by Crippen LogP contribution is -2.26. The SMILES string of the molecule is CCS(=O)(=O)Nc1ccc(C2=NN(C(=O)c3ccco3)[C@@H](c3cccs3)C2)cc1. The highest BCUT2D eigenvalue weighted by atomic mass is 32.2. The molecule has 0 fully saturated rings. The fourth-order valence-corrected chi connectivity index (χ4v) is 4.52. The minimum Gasteiger partial charge on any atom is -0.459 e. The number of thiophene rings is 1. The molecular weight excluding hydrogens is 410 g/mol. The van der Waals surface area contributed by atoms with Crippen LogP contribution in [0, 0.1) is 0 Å². The molecule has 150 valence electrons. The summed E-state index contributed by atoms with van der Waals surface area (Å²) < 4.78 is 31.2. The van der Waals surface area contributed by atoms with Crippen molar-refractivity contribution >= 4 is 38.7 Å². The quantitative estimate of drug-likeness (QED) is 0.639. The van der Waals surface area contributed by atoms with Gasteiger partial charge in [0.25, 0.3) is 0 Å². The number of hydrazone groups is 1. The van der Waals surface area contributed by atoms with Crippen molar-refractivity contribution in [2.75, 3.05) is 10.5 Å². The fourth-order valence-electron chi connectivity index (χ4n) is 3.07. The Morgan fingerprint density at radius 1 is 1.24 bits per heavy atom. The third-order valence-corrected chi connectivity index (χ3v) is 6.87. The van der Waals surface area contributed by atoms with Crippen LogP contribution in [0.3, 0.4) is 0 Å². The van der Waals surface area contributed by atoms with Crippen molar-refractivity contribution in [3.05, 3.63) is 76.4 Å². The Balaban J connectivity index is 1.62. The molecule has 1 atom stereocenters. The Morgan fingerprint density at radius 3 is 2.66 bits per heavy atom. The molecule has 4 rings (SSSR count). The van der Waals surface area contributed by atoms with Crippen LogP contribution in [-0.4, -0.2) is 30.8 Å². The van der Waals surface area contributed by atoms with E-state index in [1.165, 1.54) is 11.3 Å². The summed E-state index contributed by atoms with van der Waals surface area (Å²) in [5.41, 5.74) is 2.08. The van der Waals surface area contributed by atoms with Crippen LogP contribution in [0.1, 0.15) is 40.4 Å². The first-order valence-electron chi connectivity index (χ1n) is 9.05. The molecule has 0 saturated carbocycles. The number of hydrogen-bond donors (Lipinski definition) is 1. The minimum absolute atomic E-state index is 0.00774. The average Bonchev–Trinajstić information content (AvgIpc) is 3.49. The molecule has 0 spiro atoms. The Kier molecular flexibility index (Phi) is 5.25. The summed E-state index contributed by atoms with van der Waals surface area (Å²) in [6.07, 6.45) is 2.02. The van der Waals surface area contributed by atoms with Crippen molar-refractivity contribution in [3.8, 4) is 0 Å². The predicted octanol–water partition coefficient (Wildman–Crippen LogP) is 4.09. The Morgan fingerprint density at radius 2 is 2.03 bits per heavy atom. The van der Waals surface area contributed by atoms with Crippen molar-refractivity contribution in [2.45, 2.75) is 19.4 Å². The lowest BCUT2D eigenvalue weighted by molar-refractivity contribution is 0.0681. The van der Waals surface area contributed by atoms with Crippen molar-refractivity contribution in [1.82, 2.24) is 5.01 Å². The monoisotopic (exact) mass is 429 g/mol. The number of carbonyl (C=O) groups is 1. The zero-order valence-electron chi connectivity index (χ0n) is 15.6. The van der Waals surface area contributed by atoms with E-state index in [9.17, 15) is 13.2 Å². The second-order valence-corrected chi connectivity index (χ2v) is 9.48. The second-order valence-electron chi connectivity index (χ2n) is 6.49. The number of nitrogens with zero attached hydrogens (tertiary/aromatic N) is 2. The summed E-state index contributed by atoms with van der Waals surface area (Å²) in [6, 6.07) is 14.0. The standard InChI is InChI=1S/C20H19N3O4S2/c1-2-29(25,26)22-15-9-7-14(8-10-15)16-13-17(19-6-4-12-28-19)23(21-16)20(24)18-5-3-11-27-18/h3-12,17,22H,2,13H2,1H3/t17-/m1/s1. The number of carbonyl (C=O) groups excluding carboxylic acids is 1. The molecule has 1 aliphatic heterocycles. The van der Waals surface area contributed by atoms with Crippen LogP contribution >= 0.6 is 11.3 Å². The van der Waals surface area contributed by atoms with Crippen LogP contribution in [0.4, 0.5) is 5.69 Å². The van der Waals surface area contributed by atoms with Gasteiger partial charge in [-0.15, -0.1) is 11.3 Å². The van der Waals surface area contributed by atoms with E-state index in [-0.39, 0.29) is 23.5 Å². The predicted molar refractivity (Wildman–Crippen MR) is 113 cm³/mol. The number of benzene rings is 1. The van der Waals surface area contributed by atoms with Gasteiger partial charge >= 0.3 is 5.91 Å². The first-order chi connectivity index (χ1) is 14.0. The lowest BCUT2D eigenvalue weighted by atomic mass is 10.0. The second kappa shape index (κ2) is 7.84. The van der Waals surface area contributed by atoms with E-state index >= 15 is 0 Å². The Hall–Kier alpha value is -2.91. The molecule has 3 aromatic rings. The van der Waals surface area contributed by atoms with Gasteiger partial charge in [0, 0.05) is 17.0 Å². The number of nitrogens with one attached hydrogen (secondary N) is 1. The van der Waals surface area contributed by atoms with Crippen molar-refractivity contribution in [1.29, 1.82) is 0 Å². The molecule has 0 saturated heterocycles. The summed E-state index contributed by atoms with van der Waals surface area (Å²) in [5, 5.41) is 8.02. The van der Waals surface area contributed by atoms with Gasteiger partial charge in [-0.25, -0.2) is 13.4 Å². The highest BCUT2D eigenvalue weighted by Gasteiger charge is 2.35. The van der Waals surface area contributed by atoms with Gasteiger partial charge in [0.2, 0.25) is 10.0 Å². The molecule has 1 amide bonds. The maximum atomic E-state index is 12.9. The van der Waals surface area contributed by atoms with E-state index in [2.05, 4.69) is 9.82 Å². The number of anilines is 1. The summed E-state index contributed by atoms with van der Waals surface area (Å²) in [5.74, 6) is -0.0510. The largest absolute Gasteiger partial charge is 0.459 e. The molecule has 1 N–H and O–H groups in total. The maximum Gasteiger partial charge on any atom is 0.310 e. The molecule has 3 heterocycles. The molecular formula is C20H19N3O4S2. The van der Waals surface area contributed by atoms with E-state index in [4.69, 9.17) is 4.42 Å². The summed E-state index contributed by atoms with van der Waals surface area (Å²) in [6.45, 7) is 1.58. The van der Waals surface area contributed by atoms with Crippen LogP contribution < -0.4 is 4.72 Å². The molecule has 29 heavy (non-hydrogen) atoms. The van der Waals surface area contributed by atoms with E-state index in [0.717, 1.165) is 16.2 Å². The van der Waals surface area contributed by atoms with Gasteiger partial charge in [0.05, 0.1) is 23.8 Å². The van der Waals surface area contributed by atoms with Gasteiger partial charge in [0.1, 0.15) is 0 Å². The number of rotatable bonds is 6. The Labute approximate surface area is 172 Å². The average molecular weight is 430 g/mol. The smallest absolute Gasteiger partial charge is 0.310 e. The number of amides is 1. The van der Waals surface area contributed by atoms with Crippen molar-refractivity contribution in [2.24, 2.45) is 5.10 Å². The fraction of sp³-hybridized carbons (Fsp3) is 0.200. The number of furan rings is 1. The first kappa shape index (κ1) is 19.4. The van der Waals surface area contributed by atoms with Gasteiger partial charge in [-0.3, -0.25) is 9.52 Å². The highest BCUT2D eigenvalue weighted by Crippen LogP contribution is 2.36. The molecule has 2 aromatic heterocycles. The van der Waals surface area contributed by atoms with Crippen LogP contribution in [0.25, 0.3) is 0 Å². The van der Waals surface area contributed by atoms with Crippen LogP contribution in [0.2, 0.25) is 0 Å². The summed E-state index contributed by atoms with van der Waals surface area (Å²) in [7, 11) is -3.33. The van der Waals surface area contributed by atoms with Gasteiger partial charge in [-0.05, 0) is 48.2 Å². The lowest BCUT2D eigenvalue weighted by Gasteiger charge is -2.19. The number of hydrogen-bond acceptors (Lipinski definition) is 6. The Bertz CT molecular complexity index is 1120. The number of sulfonamides is 1. The maximum absolute atomic E-state index is 12.9. The molecule has 1 aliphatic rings. The molecule has 1 aromatic carbocycles. The molecule has 9 heteroatoms. The zero-order valence-corrected chi connectivity index (χ0v) is 17.2. The summed E-state index contributed by atoms with van der Waals surface area (Å²) >= 11 is 1.57. The normalized spacial score (nSPS) is 16.7. The molecule has 0 unspecified atom stereocenters. The van der Waals surface area contributed by atoms with Gasteiger partial charge in [-0.1, -0.05) is 18.2 Å². The molecule has 0 bridgehead atoms. The first-order valence-corrected chi connectivity index (χ1v) is 11.6. The van der Waals surface area contributed by atoms with E-state index < -0.39 is 10.0 Å². The zero-order chi connectivity index (χ0) is 20.4. The van der Waals surface area contributed by atoms with E-state index in [1.807, 2.05) is 17.5 Å². The van der Waals surface area contributed by atoms with Crippen LogP contribution in [-0.2, 0) is 10.0 Å². The van der Waals surface area contributed by atoms with Crippen LogP contribution in [0.15, 0.2) is 69.7 Å². The van der Waals surface area contributed by atoms with E-state index in [0.29, 0.717) is 12.1 Å². The molecule has 7 nitrogen and oxygen atoms in total. The van der Waals surface area contributed by atoms with E-state index in [1.54, 1.807) is 54.7 Å². The third kappa shape index (κ3) is 4.10. The van der Waals surface area contributed by atoms with Gasteiger partial charge in [0.15, 0.2) is 5.76 Å². The molecule has 0 radical (unpaired) electrons. The topological polar surface area (TPSA) is 92.0 Å². The highest BCUT2D eigenvalue weighted by molar-refractivity contribution is 7.92. The van der Waals surface area contributed by atoms with Crippen LogP contribution in [0.5, 0.6) is 0 Å². The minimum atomic E-state index is -3.33. The molecule has 0 aliphatic carbocycles. The third-order valence-electron chi connectivity index (χ3n) is 4.59. The van der Waals surface area contributed by atoms with Crippen molar-refractivity contribution in [3.63, 3.8) is 0 Å². The van der Waals surface area contributed by atoms with Crippen molar-refractivity contribution < 1.29 is 17.6 Å².